The van der Waals surface area contributed by atoms with Crippen LogP contribution in [0.15, 0.2) is 72.1 Å². The van der Waals surface area contributed by atoms with Crippen molar-refractivity contribution in [2.45, 2.75) is 6.54 Å². The first-order valence-corrected chi connectivity index (χ1v) is 8.19. The number of ether oxygens (including phenoxy) is 1. The van der Waals surface area contributed by atoms with E-state index in [4.69, 9.17) is 4.74 Å². The number of amides is 1. The Morgan fingerprint density at radius 3 is 2.35 bits per heavy atom. The van der Waals surface area contributed by atoms with E-state index in [1.807, 2.05) is 72.1 Å². The normalized spacial score (nSPS) is 10.3. The second kappa shape index (κ2) is 7.11. The summed E-state index contributed by atoms with van der Waals surface area (Å²) in [5.74, 6) is 0.783. The van der Waals surface area contributed by atoms with Gasteiger partial charge in [0.05, 0.1) is 18.5 Å². The Morgan fingerprint density at radius 2 is 1.74 bits per heavy atom. The number of hydrogen-bond acceptors (Lipinski definition) is 3. The van der Waals surface area contributed by atoms with E-state index in [0.717, 1.165) is 21.9 Å². The van der Waals surface area contributed by atoms with Crippen LogP contribution in [0.3, 0.4) is 0 Å². The second-order valence-corrected chi connectivity index (χ2v) is 6.00. The number of benzene rings is 2. The van der Waals surface area contributed by atoms with Gasteiger partial charge < -0.3 is 9.64 Å². The Morgan fingerprint density at radius 1 is 1.00 bits per heavy atom. The van der Waals surface area contributed by atoms with Crippen molar-refractivity contribution in [2.24, 2.45) is 0 Å². The molecule has 0 spiro atoms. The fourth-order valence-electron chi connectivity index (χ4n) is 2.34. The lowest BCUT2D eigenvalue weighted by Crippen LogP contribution is -2.29. The smallest absolute Gasteiger partial charge is 0.268 e. The number of anilines is 1. The average molecular weight is 323 g/mol. The standard InChI is InChI=1S/C19H17NO2S/c1-22-17-11-9-16(10-12-17)20(14-15-6-3-2-4-7-15)19(21)18-8-5-13-23-18/h2-13H,14H2,1H3. The molecule has 116 valence electrons. The third kappa shape index (κ3) is 3.60. The van der Waals surface area contributed by atoms with Crippen molar-refractivity contribution in [3.05, 3.63) is 82.6 Å². The third-order valence-electron chi connectivity index (χ3n) is 3.54. The average Bonchev–Trinajstić information content (AvgIpc) is 3.15. The number of carbonyl (C=O) groups excluding carboxylic acids is 1. The number of hydrogen-bond donors (Lipinski definition) is 0. The van der Waals surface area contributed by atoms with Gasteiger partial charge in [-0.1, -0.05) is 36.4 Å². The Labute approximate surface area is 139 Å². The Balaban J connectivity index is 1.93. The van der Waals surface area contributed by atoms with E-state index < -0.39 is 0 Å². The lowest BCUT2D eigenvalue weighted by atomic mass is 10.2. The van der Waals surface area contributed by atoms with Crippen LogP contribution in [-0.2, 0) is 6.54 Å². The maximum absolute atomic E-state index is 12.9. The van der Waals surface area contributed by atoms with Crippen LogP contribution >= 0.6 is 11.3 Å². The topological polar surface area (TPSA) is 29.5 Å². The van der Waals surface area contributed by atoms with Gasteiger partial charge in [-0.2, -0.15) is 0 Å². The highest BCUT2D eigenvalue weighted by molar-refractivity contribution is 7.12. The minimum absolute atomic E-state index is 0.00835. The van der Waals surface area contributed by atoms with Crippen LogP contribution in [0.4, 0.5) is 5.69 Å². The summed E-state index contributed by atoms with van der Waals surface area (Å²) in [4.78, 5) is 15.4. The van der Waals surface area contributed by atoms with E-state index >= 15 is 0 Å². The highest BCUT2D eigenvalue weighted by Gasteiger charge is 2.19. The molecule has 23 heavy (non-hydrogen) atoms. The SMILES string of the molecule is COc1ccc(N(Cc2ccccc2)C(=O)c2cccs2)cc1. The first-order chi connectivity index (χ1) is 11.3. The first-order valence-electron chi connectivity index (χ1n) is 7.31. The van der Waals surface area contributed by atoms with Gasteiger partial charge in [-0.3, -0.25) is 4.79 Å². The molecule has 1 heterocycles. The predicted octanol–water partition coefficient (Wildman–Crippen LogP) is 4.60. The van der Waals surface area contributed by atoms with Gasteiger partial charge in [-0.15, -0.1) is 11.3 Å². The summed E-state index contributed by atoms with van der Waals surface area (Å²) in [6, 6.07) is 21.3. The van der Waals surface area contributed by atoms with Crippen molar-refractivity contribution < 1.29 is 9.53 Å². The number of rotatable bonds is 5. The molecule has 0 saturated heterocycles. The van der Waals surface area contributed by atoms with E-state index in [-0.39, 0.29) is 5.91 Å². The molecule has 3 nitrogen and oxygen atoms in total. The van der Waals surface area contributed by atoms with E-state index in [2.05, 4.69) is 0 Å². The van der Waals surface area contributed by atoms with Crippen molar-refractivity contribution in [3.8, 4) is 5.75 Å². The molecule has 0 fully saturated rings. The Bertz CT molecular complexity index is 752. The molecule has 2 aromatic carbocycles. The summed E-state index contributed by atoms with van der Waals surface area (Å²) >= 11 is 1.46. The molecule has 1 aromatic heterocycles. The lowest BCUT2D eigenvalue weighted by molar-refractivity contribution is 0.0989. The largest absolute Gasteiger partial charge is 0.497 e. The van der Waals surface area contributed by atoms with Gasteiger partial charge in [0.1, 0.15) is 5.75 Å². The summed E-state index contributed by atoms with van der Waals surface area (Å²) in [5.41, 5.74) is 1.95. The van der Waals surface area contributed by atoms with Crippen molar-refractivity contribution in [2.75, 3.05) is 12.0 Å². The molecular formula is C19H17NO2S. The number of thiophene rings is 1. The summed E-state index contributed by atoms with van der Waals surface area (Å²) in [7, 11) is 1.63. The summed E-state index contributed by atoms with van der Waals surface area (Å²) in [5, 5.41) is 1.92. The number of carbonyl (C=O) groups is 1. The minimum Gasteiger partial charge on any atom is -0.497 e. The van der Waals surface area contributed by atoms with E-state index in [1.165, 1.54) is 11.3 Å². The Hall–Kier alpha value is -2.59. The molecule has 0 aliphatic heterocycles. The molecule has 0 bridgehead atoms. The van der Waals surface area contributed by atoms with Crippen LogP contribution < -0.4 is 9.64 Å². The molecule has 0 N–H and O–H groups in total. The fourth-order valence-corrected chi connectivity index (χ4v) is 3.01. The third-order valence-corrected chi connectivity index (χ3v) is 4.40. The van der Waals surface area contributed by atoms with Crippen molar-refractivity contribution >= 4 is 22.9 Å². The summed E-state index contributed by atoms with van der Waals surface area (Å²) < 4.78 is 5.20. The van der Waals surface area contributed by atoms with Crippen LogP contribution in [0.1, 0.15) is 15.2 Å². The lowest BCUT2D eigenvalue weighted by Gasteiger charge is -2.22. The van der Waals surface area contributed by atoms with Gasteiger partial charge in [0, 0.05) is 5.69 Å². The molecule has 0 radical (unpaired) electrons. The van der Waals surface area contributed by atoms with Crippen LogP contribution in [-0.4, -0.2) is 13.0 Å². The summed E-state index contributed by atoms with van der Waals surface area (Å²) in [6.45, 7) is 0.532. The van der Waals surface area contributed by atoms with Crippen LogP contribution in [0.25, 0.3) is 0 Å². The molecule has 3 aromatic rings. The van der Waals surface area contributed by atoms with Gasteiger partial charge >= 0.3 is 0 Å². The minimum atomic E-state index is 0.00835. The molecule has 0 unspecified atom stereocenters. The van der Waals surface area contributed by atoms with E-state index in [9.17, 15) is 4.79 Å². The molecule has 0 atom stereocenters. The highest BCUT2D eigenvalue weighted by atomic mass is 32.1. The molecular weight excluding hydrogens is 306 g/mol. The van der Waals surface area contributed by atoms with E-state index in [1.54, 1.807) is 12.0 Å². The van der Waals surface area contributed by atoms with Crippen LogP contribution in [0.5, 0.6) is 5.75 Å². The zero-order chi connectivity index (χ0) is 16.1. The van der Waals surface area contributed by atoms with Gasteiger partial charge in [0.2, 0.25) is 0 Å². The number of nitrogens with zero attached hydrogens (tertiary/aromatic N) is 1. The van der Waals surface area contributed by atoms with Crippen LogP contribution in [0, 0.1) is 0 Å². The molecule has 0 saturated carbocycles. The molecule has 1 amide bonds. The first kappa shape index (κ1) is 15.3. The predicted molar refractivity (Wildman–Crippen MR) is 94.3 cm³/mol. The van der Waals surface area contributed by atoms with Gasteiger partial charge in [-0.25, -0.2) is 0 Å². The molecule has 4 heteroatoms. The second-order valence-electron chi connectivity index (χ2n) is 5.05. The highest BCUT2D eigenvalue weighted by Crippen LogP contribution is 2.24. The molecule has 3 rings (SSSR count). The maximum atomic E-state index is 12.9. The zero-order valence-corrected chi connectivity index (χ0v) is 13.6. The number of methoxy groups -OCH3 is 1. The van der Waals surface area contributed by atoms with Gasteiger partial charge in [0.25, 0.3) is 5.91 Å². The van der Waals surface area contributed by atoms with Crippen molar-refractivity contribution in [3.63, 3.8) is 0 Å². The monoisotopic (exact) mass is 323 g/mol. The van der Waals surface area contributed by atoms with Crippen LogP contribution in [0.2, 0.25) is 0 Å². The Kier molecular flexibility index (Phi) is 4.74. The zero-order valence-electron chi connectivity index (χ0n) is 12.8. The summed E-state index contributed by atoms with van der Waals surface area (Å²) in [6.07, 6.45) is 0. The quantitative estimate of drug-likeness (QED) is 0.686. The van der Waals surface area contributed by atoms with Crippen molar-refractivity contribution in [1.29, 1.82) is 0 Å². The van der Waals surface area contributed by atoms with Gasteiger partial charge in [-0.05, 0) is 41.3 Å². The van der Waals surface area contributed by atoms with Crippen molar-refractivity contribution in [1.82, 2.24) is 0 Å². The molecule has 0 aliphatic rings. The van der Waals surface area contributed by atoms with Gasteiger partial charge in [0.15, 0.2) is 0 Å². The molecule has 0 aliphatic carbocycles. The fraction of sp³-hybridized carbons (Fsp3) is 0.105. The van der Waals surface area contributed by atoms with E-state index in [0.29, 0.717) is 6.54 Å². The maximum Gasteiger partial charge on any atom is 0.268 e.